The van der Waals surface area contributed by atoms with E-state index >= 15 is 0 Å². The summed E-state index contributed by atoms with van der Waals surface area (Å²) < 4.78 is 0. The number of piperazine rings is 1. The molecular weight excluding hydrogens is 264 g/mol. The molecule has 0 saturated carbocycles. The van der Waals surface area contributed by atoms with Crippen LogP contribution in [0.15, 0.2) is 30.3 Å². The predicted molar refractivity (Wildman–Crippen MR) is 80.1 cm³/mol. The van der Waals surface area contributed by atoms with E-state index in [1.54, 1.807) is 6.07 Å². The summed E-state index contributed by atoms with van der Waals surface area (Å²) in [5, 5.41) is 17.2. The highest BCUT2D eigenvalue weighted by molar-refractivity contribution is 5.45. The largest absolute Gasteiger partial charge is 0.353 e. The number of nitriles is 1. The molecule has 1 aliphatic heterocycles. The fourth-order valence-electron chi connectivity index (χ4n) is 2.39. The first-order valence-electron chi connectivity index (χ1n) is 6.93. The van der Waals surface area contributed by atoms with Gasteiger partial charge in [-0.15, -0.1) is 5.10 Å². The van der Waals surface area contributed by atoms with E-state index in [1.165, 1.54) is 0 Å². The van der Waals surface area contributed by atoms with Crippen molar-refractivity contribution in [3.8, 4) is 6.07 Å². The highest BCUT2D eigenvalue weighted by Gasteiger charge is 2.19. The Labute approximate surface area is 123 Å². The molecule has 1 aliphatic rings. The maximum Gasteiger partial charge on any atom is 0.151 e. The number of hydrogen-bond donors (Lipinski definition) is 0. The summed E-state index contributed by atoms with van der Waals surface area (Å²) in [6, 6.07) is 11.6. The first-order chi connectivity index (χ1) is 10.3. The third-order valence-electron chi connectivity index (χ3n) is 3.56. The SMILES string of the molecule is Cc1ccc(N2CCN(c3cccc(C#N)n3)CC2)nn1. The molecule has 0 aliphatic carbocycles. The van der Waals surface area contributed by atoms with Crippen LogP contribution in [-0.2, 0) is 0 Å². The summed E-state index contributed by atoms with van der Waals surface area (Å²) in [7, 11) is 0. The third-order valence-corrected chi connectivity index (χ3v) is 3.56. The van der Waals surface area contributed by atoms with Crippen molar-refractivity contribution in [2.45, 2.75) is 6.92 Å². The van der Waals surface area contributed by atoms with E-state index < -0.39 is 0 Å². The second kappa shape index (κ2) is 5.75. The van der Waals surface area contributed by atoms with Gasteiger partial charge in [0, 0.05) is 26.2 Å². The summed E-state index contributed by atoms with van der Waals surface area (Å²) in [5.41, 5.74) is 1.38. The van der Waals surface area contributed by atoms with Crippen LogP contribution in [0.5, 0.6) is 0 Å². The van der Waals surface area contributed by atoms with Gasteiger partial charge in [-0.3, -0.25) is 0 Å². The molecule has 3 heterocycles. The van der Waals surface area contributed by atoms with E-state index in [-0.39, 0.29) is 0 Å². The lowest BCUT2D eigenvalue weighted by Crippen LogP contribution is -2.47. The number of hydrogen-bond acceptors (Lipinski definition) is 6. The molecule has 0 bridgehead atoms. The number of nitrogens with zero attached hydrogens (tertiary/aromatic N) is 6. The maximum atomic E-state index is 8.92. The fraction of sp³-hybridized carbons (Fsp3) is 0.333. The normalized spacial score (nSPS) is 14.9. The first kappa shape index (κ1) is 13.3. The predicted octanol–water partition coefficient (Wildman–Crippen LogP) is 1.38. The van der Waals surface area contributed by atoms with Crippen molar-refractivity contribution in [1.29, 1.82) is 5.26 Å². The van der Waals surface area contributed by atoms with Gasteiger partial charge in [0.2, 0.25) is 0 Å². The molecule has 6 heteroatoms. The van der Waals surface area contributed by atoms with Crippen molar-refractivity contribution in [2.24, 2.45) is 0 Å². The van der Waals surface area contributed by atoms with Crippen LogP contribution in [0.1, 0.15) is 11.4 Å². The minimum absolute atomic E-state index is 0.458. The van der Waals surface area contributed by atoms with E-state index in [0.717, 1.165) is 43.5 Å². The minimum atomic E-state index is 0.458. The molecule has 2 aromatic rings. The summed E-state index contributed by atoms with van der Waals surface area (Å²) in [6.45, 7) is 5.39. The monoisotopic (exact) mass is 280 g/mol. The van der Waals surface area contributed by atoms with Crippen molar-refractivity contribution in [3.63, 3.8) is 0 Å². The summed E-state index contributed by atoms with van der Waals surface area (Å²) >= 11 is 0. The van der Waals surface area contributed by atoms with Crippen molar-refractivity contribution in [1.82, 2.24) is 15.2 Å². The van der Waals surface area contributed by atoms with E-state index in [2.05, 4.69) is 31.1 Å². The second-order valence-corrected chi connectivity index (χ2v) is 5.00. The molecule has 2 aromatic heterocycles. The Balaban J connectivity index is 1.67. The van der Waals surface area contributed by atoms with Crippen LogP contribution >= 0.6 is 0 Å². The Hall–Kier alpha value is -2.68. The molecule has 1 fully saturated rings. The van der Waals surface area contributed by atoms with Crippen molar-refractivity contribution in [2.75, 3.05) is 36.0 Å². The summed E-state index contributed by atoms with van der Waals surface area (Å²) in [5.74, 6) is 1.78. The van der Waals surface area contributed by atoms with Gasteiger partial charge in [-0.2, -0.15) is 10.4 Å². The lowest BCUT2D eigenvalue weighted by molar-refractivity contribution is 0.637. The Morgan fingerprint density at radius 2 is 1.67 bits per heavy atom. The fourth-order valence-corrected chi connectivity index (χ4v) is 2.39. The van der Waals surface area contributed by atoms with Crippen LogP contribution in [0.4, 0.5) is 11.6 Å². The zero-order valence-corrected chi connectivity index (χ0v) is 11.9. The standard InChI is InChI=1S/C15H16N6/c1-12-5-6-15(19-18-12)21-9-7-20(8-10-21)14-4-2-3-13(11-16)17-14/h2-6H,7-10H2,1H3. The highest BCUT2D eigenvalue weighted by Crippen LogP contribution is 2.17. The molecule has 3 rings (SSSR count). The first-order valence-corrected chi connectivity index (χ1v) is 6.93. The average Bonchev–Trinajstić information content (AvgIpc) is 2.56. The molecule has 6 nitrogen and oxygen atoms in total. The molecule has 21 heavy (non-hydrogen) atoms. The molecule has 106 valence electrons. The Kier molecular flexibility index (Phi) is 3.65. The average molecular weight is 280 g/mol. The minimum Gasteiger partial charge on any atom is -0.353 e. The van der Waals surface area contributed by atoms with Gasteiger partial charge >= 0.3 is 0 Å². The molecular formula is C15H16N6. The summed E-state index contributed by atoms with van der Waals surface area (Å²) in [6.07, 6.45) is 0. The van der Waals surface area contributed by atoms with E-state index in [0.29, 0.717) is 5.69 Å². The van der Waals surface area contributed by atoms with Gasteiger partial charge in [0.1, 0.15) is 17.6 Å². The van der Waals surface area contributed by atoms with Gasteiger partial charge in [0.05, 0.1) is 5.69 Å². The van der Waals surface area contributed by atoms with Crippen LogP contribution < -0.4 is 9.80 Å². The van der Waals surface area contributed by atoms with E-state index in [1.807, 2.05) is 31.2 Å². The quantitative estimate of drug-likeness (QED) is 0.827. The molecule has 1 saturated heterocycles. The topological polar surface area (TPSA) is 68.9 Å². The van der Waals surface area contributed by atoms with E-state index in [9.17, 15) is 0 Å². The highest BCUT2D eigenvalue weighted by atomic mass is 15.3. The Bertz CT molecular complexity index is 653. The molecule has 0 atom stereocenters. The molecule has 0 radical (unpaired) electrons. The van der Waals surface area contributed by atoms with Gasteiger partial charge in [0.25, 0.3) is 0 Å². The van der Waals surface area contributed by atoms with Crippen LogP contribution in [0.2, 0.25) is 0 Å². The smallest absolute Gasteiger partial charge is 0.151 e. The van der Waals surface area contributed by atoms with Crippen molar-refractivity contribution in [3.05, 3.63) is 41.7 Å². The van der Waals surface area contributed by atoms with Gasteiger partial charge < -0.3 is 9.80 Å². The lowest BCUT2D eigenvalue weighted by Gasteiger charge is -2.35. The lowest BCUT2D eigenvalue weighted by atomic mass is 10.3. The maximum absolute atomic E-state index is 8.92. The van der Waals surface area contributed by atoms with Crippen LogP contribution in [0.25, 0.3) is 0 Å². The number of pyridine rings is 1. The van der Waals surface area contributed by atoms with E-state index in [4.69, 9.17) is 5.26 Å². The van der Waals surface area contributed by atoms with Gasteiger partial charge in [-0.1, -0.05) is 6.07 Å². The molecule has 0 aromatic carbocycles. The van der Waals surface area contributed by atoms with Crippen LogP contribution in [-0.4, -0.2) is 41.4 Å². The molecule has 0 spiro atoms. The van der Waals surface area contributed by atoms with Crippen LogP contribution in [0.3, 0.4) is 0 Å². The molecule has 0 amide bonds. The van der Waals surface area contributed by atoms with Crippen LogP contribution in [0, 0.1) is 18.3 Å². The Morgan fingerprint density at radius 3 is 2.29 bits per heavy atom. The number of aromatic nitrogens is 3. The van der Waals surface area contributed by atoms with Gasteiger partial charge in [-0.25, -0.2) is 4.98 Å². The van der Waals surface area contributed by atoms with Crippen molar-refractivity contribution >= 4 is 11.6 Å². The molecule has 0 unspecified atom stereocenters. The number of rotatable bonds is 2. The van der Waals surface area contributed by atoms with Crippen molar-refractivity contribution < 1.29 is 0 Å². The third kappa shape index (κ3) is 2.92. The Morgan fingerprint density at radius 1 is 0.952 bits per heavy atom. The summed E-state index contributed by atoms with van der Waals surface area (Å²) in [4.78, 5) is 8.76. The second-order valence-electron chi connectivity index (χ2n) is 5.00. The number of anilines is 2. The van der Waals surface area contributed by atoms with Gasteiger partial charge in [-0.05, 0) is 31.2 Å². The number of aryl methyl sites for hydroxylation is 1. The molecule has 0 N–H and O–H groups in total. The zero-order chi connectivity index (χ0) is 14.7. The zero-order valence-electron chi connectivity index (χ0n) is 11.9. The van der Waals surface area contributed by atoms with Gasteiger partial charge in [0.15, 0.2) is 5.82 Å².